The van der Waals surface area contributed by atoms with Gasteiger partial charge in [0.25, 0.3) is 0 Å². The number of pyridine rings is 2. The van der Waals surface area contributed by atoms with Gasteiger partial charge in [-0.05, 0) is 80.2 Å². The largest absolute Gasteiger partial charge is 0.370 e. The van der Waals surface area contributed by atoms with E-state index in [0.29, 0.717) is 11.8 Å². The normalized spacial score (nSPS) is 16.3. The van der Waals surface area contributed by atoms with Gasteiger partial charge in [0, 0.05) is 36.8 Å². The summed E-state index contributed by atoms with van der Waals surface area (Å²) in [5.41, 5.74) is 5.43. The number of amides is 1. The number of rotatable bonds is 9. The second-order valence-corrected chi connectivity index (χ2v) is 10.4. The van der Waals surface area contributed by atoms with Crippen LogP contribution < -0.4 is 16.0 Å². The van der Waals surface area contributed by atoms with E-state index in [-0.39, 0.29) is 18.3 Å². The molecule has 0 aliphatic carbocycles. The number of nitrogens with zero attached hydrogens (tertiary/aromatic N) is 3. The minimum atomic E-state index is 0. The fourth-order valence-electron chi connectivity index (χ4n) is 4.77. The number of anilines is 2. The van der Waals surface area contributed by atoms with Gasteiger partial charge in [-0.15, -0.1) is 24.2 Å². The summed E-state index contributed by atoms with van der Waals surface area (Å²) in [6, 6.07) is 13.1. The van der Waals surface area contributed by atoms with Crippen molar-refractivity contribution in [1.29, 1.82) is 0 Å². The summed E-state index contributed by atoms with van der Waals surface area (Å²) in [5.74, 6) is 1.53. The van der Waals surface area contributed by atoms with E-state index in [0.717, 1.165) is 85.8 Å². The molecular formula is C27H35ClN6OS. The van der Waals surface area contributed by atoms with E-state index in [1.165, 1.54) is 11.1 Å². The number of piperidine rings is 1. The minimum absolute atomic E-state index is 0. The van der Waals surface area contributed by atoms with Crippen molar-refractivity contribution in [2.75, 3.05) is 42.6 Å². The van der Waals surface area contributed by atoms with E-state index in [4.69, 9.17) is 4.98 Å². The molecule has 0 saturated carbocycles. The van der Waals surface area contributed by atoms with Crippen molar-refractivity contribution in [2.45, 2.75) is 50.1 Å². The van der Waals surface area contributed by atoms with Crippen molar-refractivity contribution >= 4 is 52.6 Å². The Hall–Kier alpha value is -2.39. The van der Waals surface area contributed by atoms with Crippen LogP contribution in [0, 0.1) is 0 Å². The highest BCUT2D eigenvalue weighted by Gasteiger charge is 2.20. The number of carbonyl (C=O) groups is 1. The van der Waals surface area contributed by atoms with Crippen LogP contribution >= 0.6 is 24.2 Å². The van der Waals surface area contributed by atoms with Gasteiger partial charge < -0.3 is 20.9 Å². The Kier molecular flexibility index (Phi) is 9.42. The summed E-state index contributed by atoms with van der Waals surface area (Å²) in [6.45, 7) is 7.18. The molecule has 0 radical (unpaired) electrons. The molecular weight excluding hydrogens is 492 g/mol. The fourth-order valence-corrected chi connectivity index (χ4v) is 5.56. The Balaban J connectivity index is 0.00000304. The predicted octanol–water partition coefficient (Wildman–Crippen LogP) is 4.71. The van der Waals surface area contributed by atoms with Gasteiger partial charge in [-0.2, -0.15) is 0 Å². The van der Waals surface area contributed by atoms with Crippen molar-refractivity contribution in [2.24, 2.45) is 0 Å². The molecule has 1 aromatic carbocycles. The molecule has 0 unspecified atom stereocenters. The lowest BCUT2D eigenvalue weighted by atomic mass is 10.0. The van der Waals surface area contributed by atoms with Crippen LogP contribution in [0.4, 0.5) is 11.5 Å². The Morgan fingerprint density at radius 2 is 2.03 bits per heavy atom. The van der Waals surface area contributed by atoms with Crippen molar-refractivity contribution in [1.82, 2.24) is 20.2 Å². The summed E-state index contributed by atoms with van der Waals surface area (Å²) >= 11 is 1.61. The smallest absolute Gasteiger partial charge is 0.234 e. The number of hydrogen-bond acceptors (Lipinski definition) is 7. The number of halogens is 1. The average Bonchev–Trinajstić information content (AvgIpc) is 2.89. The summed E-state index contributed by atoms with van der Waals surface area (Å²) in [4.78, 5) is 24.7. The van der Waals surface area contributed by atoms with Crippen LogP contribution in [0.1, 0.15) is 37.3 Å². The molecule has 2 aromatic heterocycles. The van der Waals surface area contributed by atoms with Crippen molar-refractivity contribution in [3.63, 3.8) is 0 Å². The third-order valence-corrected chi connectivity index (χ3v) is 7.85. The first-order valence-electron chi connectivity index (χ1n) is 12.7. The monoisotopic (exact) mass is 526 g/mol. The molecule has 5 rings (SSSR count). The summed E-state index contributed by atoms with van der Waals surface area (Å²) < 4.78 is 0. The molecule has 36 heavy (non-hydrogen) atoms. The first-order valence-corrected chi connectivity index (χ1v) is 13.7. The average molecular weight is 527 g/mol. The lowest BCUT2D eigenvalue weighted by molar-refractivity contribution is -0.113. The zero-order valence-corrected chi connectivity index (χ0v) is 22.4. The Labute approximate surface area is 223 Å². The maximum absolute atomic E-state index is 11.7. The number of nitrogens with one attached hydrogen (secondary N) is 3. The molecule has 192 valence electrons. The molecule has 0 atom stereocenters. The highest BCUT2D eigenvalue weighted by molar-refractivity contribution is 8.00. The van der Waals surface area contributed by atoms with Gasteiger partial charge in [0.1, 0.15) is 5.82 Å². The van der Waals surface area contributed by atoms with E-state index in [9.17, 15) is 4.79 Å². The van der Waals surface area contributed by atoms with Crippen LogP contribution in [-0.4, -0.2) is 58.7 Å². The highest BCUT2D eigenvalue weighted by atomic mass is 35.5. The summed E-state index contributed by atoms with van der Waals surface area (Å²) in [5, 5.41) is 10.1. The first kappa shape index (κ1) is 26.7. The minimum Gasteiger partial charge on any atom is -0.370 e. The molecule has 3 N–H and O–H groups in total. The van der Waals surface area contributed by atoms with Crippen LogP contribution in [0.5, 0.6) is 0 Å². The molecule has 2 aliphatic rings. The maximum atomic E-state index is 11.7. The Morgan fingerprint density at radius 3 is 2.86 bits per heavy atom. The second-order valence-electron chi connectivity index (χ2n) is 9.38. The van der Waals surface area contributed by atoms with Crippen molar-refractivity contribution in [3.8, 4) is 0 Å². The lowest BCUT2D eigenvalue weighted by Gasteiger charge is -2.32. The standard InChI is InChI=1S/C27H34N6OS.ClH/c1-2-11-29-25-6-4-22-27(32-25)20(7-12-28-22)8-13-33-14-9-21(10-15-33)30-17-19-3-5-24-23(16-19)31-26(34)18-35-24;/h3-7,12,16,21,30H,2,8-11,13-15,17-18H2,1H3,(H,29,32)(H,31,34);1H. The molecule has 1 amide bonds. The molecule has 1 saturated heterocycles. The topological polar surface area (TPSA) is 82.2 Å². The van der Waals surface area contributed by atoms with E-state index in [2.05, 4.69) is 63.1 Å². The van der Waals surface area contributed by atoms with E-state index in [1.807, 2.05) is 12.3 Å². The maximum Gasteiger partial charge on any atom is 0.234 e. The van der Waals surface area contributed by atoms with Gasteiger partial charge in [0.15, 0.2) is 0 Å². The van der Waals surface area contributed by atoms with Gasteiger partial charge in [0.05, 0.1) is 22.5 Å². The van der Waals surface area contributed by atoms with Crippen LogP contribution in [0.25, 0.3) is 11.0 Å². The van der Waals surface area contributed by atoms with Gasteiger partial charge >= 0.3 is 0 Å². The van der Waals surface area contributed by atoms with Crippen LogP contribution in [0.2, 0.25) is 0 Å². The third kappa shape index (κ3) is 6.68. The number of carbonyl (C=O) groups excluding carboxylic acids is 1. The SMILES string of the molecule is CCCNc1ccc2nccc(CCN3CCC(NCc4ccc5c(c4)NC(=O)CS5)CC3)c2n1.Cl. The number of aromatic nitrogens is 2. The van der Waals surface area contributed by atoms with E-state index in [1.54, 1.807) is 11.8 Å². The highest BCUT2D eigenvalue weighted by Crippen LogP contribution is 2.32. The van der Waals surface area contributed by atoms with Crippen LogP contribution in [0.3, 0.4) is 0 Å². The van der Waals surface area contributed by atoms with Gasteiger partial charge in [0.2, 0.25) is 5.91 Å². The van der Waals surface area contributed by atoms with Gasteiger partial charge in [-0.25, -0.2) is 4.98 Å². The molecule has 3 aromatic rings. The third-order valence-electron chi connectivity index (χ3n) is 6.78. The Bertz CT molecular complexity index is 1180. The molecule has 2 aliphatic heterocycles. The van der Waals surface area contributed by atoms with E-state index >= 15 is 0 Å². The number of hydrogen-bond donors (Lipinski definition) is 3. The fraction of sp³-hybridized carbons (Fsp3) is 0.444. The Morgan fingerprint density at radius 1 is 1.17 bits per heavy atom. The van der Waals surface area contributed by atoms with Crippen LogP contribution in [0.15, 0.2) is 47.5 Å². The molecule has 0 spiro atoms. The summed E-state index contributed by atoms with van der Waals surface area (Å²) in [7, 11) is 0. The second kappa shape index (κ2) is 12.7. The molecule has 7 nitrogen and oxygen atoms in total. The quantitative estimate of drug-likeness (QED) is 0.372. The predicted molar refractivity (Wildman–Crippen MR) is 151 cm³/mol. The van der Waals surface area contributed by atoms with Gasteiger partial charge in [-0.1, -0.05) is 13.0 Å². The van der Waals surface area contributed by atoms with E-state index < -0.39 is 0 Å². The number of fused-ring (bicyclic) bond motifs is 2. The molecule has 4 heterocycles. The molecule has 0 bridgehead atoms. The summed E-state index contributed by atoms with van der Waals surface area (Å²) in [6.07, 6.45) is 6.27. The lowest BCUT2D eigenvalue weighted by Crippen LogP contribution is -2.42. The number of likely N-dealkylation sites (tertiary alicyclic amines) is 1. The van der Waals surface area contributed by atoms with Crippen molar-refractivity contribution < 1.29 is 4.79 Å². The first-order chi connectivity index (χ1) is 17.2. The zero-order valence-electron chi connectivity index (χ0n) is 20.8. The number of thioether (sulfide) groups is 1. The molecule has 9 heteroatoms. The molecule has 1 fully saturated rings. The van der Waals surface area contributed by atoms with Crippen LogP contribution in [-0.2, 0) is 17.8 Å². The number of benzene rings is 1. The zero-order chi connectivity index (χ0) is 24.0. The van der Waals surface area contributed by atoms with Gasteiger partial charge in [-0.3, -0.25) is 9.78 Å². The van der Waals surface area contributed by atoms with Crippen molar-refractivity contribution in [3.05, 3.63) is 53.7 Å².